The highest BCUT2D eigenvalue weighted by Gasteiger charge is 2.54. The molecule has 2 aliphatic heterocycles. The van der Waals surface area contributed by atoms with Crippen LogP contribution in [0.4, 0.5) is 4.79 Å². The van der Waals surface area contributed by atoms with Crippen molar-refractivity contribution in [2.75, 3.05) is 18.1 Å². The van der Waals surface area contributed by atoms with Crippen molar-refractivity contribution in [1.29, 1.82) is 0 Å². The number of aryl methyl sites for hydroxylation is 1. The van der Waals surface area contributed by atoms with E-state index >= 15 is 0 Å². The maximum atomic E-state index is 13.3. The van der Waals surface area contributed by atoms with Crippen LogP contribution in [0.2, 0.25) is 0 Å². The first-order valence-electron chi connectivity index (χ1n) is 11.9. The van der Waals surface area contributed by atoms with Crippen LogP contribution < -0.4 is 16.0 Å². The van der Waals surface area contributed by atoms with Gasteiger partial charge >= 0.3 is 12.0 Å². The van der Waals surface area contributed by atoms with Gasteiger partial charge in [-0.05, 0) is 33.5 Å². The van der Waals surface area contributed by atoms with E-state index in [9.17, 15) is 29.1 Å². The molecule has 4 N–H and O–H groups in total. The number of aliphatic carboxylic acids is 1. The predicted molar refractivity (Wildman–Crippen MR) is 146 cm³/mol. The van der Waals surface area contributed by atoms with Crippen molar-refractivity contribution in [3.8, 4) is 0 Å². The van der Waals surface area contributed by atoms with E-state index in [0.29, 0.717) is 21.4 Å². The maximum Gasteiger partial charge on any atom is 0.352 e. The summed E-state index contributed by atoms with van der Waals surface area (Å²) >= 11 is 3.80. The lowest BCUT2D eigenvalue weighted by atomic mass is 10.0. The molecule has 1 fully saturated rings. The fourth-order valence-corrected chi connectivity index (χ4v) is 7.22. The summed E-state index contributed by atoms with van der Waals surface area (Å²) in [6, 6.07) is 1.91. The third-order valence-corrected chi connectivity index (χ3v) is 9.50. The van der Waals surface area contributed by atoms with Gasteiger partial charge < -0.3 is 25.5 Å². The topological polar surface area (TPSA) is 202 Å². The van der Waals surface area contributed by atoms with Gasteiger partial charge in [-0.1, -0.05) is 17.8 Å². The Morgan fingerprint density at radius 1 is 1.29 bits per heavy atom. The molecule has 2 aliphatic rings. The number of thioether (sulfide) groups is 2. The van der Waals surface area contributed by atoms with E-state index in [-0.39, 0.29) is 29.3 Å². The average molecular weight is 619 g/mol. The van der Waals surface area contributed by atoms with Crippen molar-refractivity contribution in [2.24, 2.45) is 7.05 Å². The lowest BCUT2D eigenvalue weighted by Crippen LogP contribution is -2.71. The van der Waals surface area contributed by atoms with Crippen LogP contribution in [0.25, 0.3) is 0 Å². The highest BCUT2D eigenvalue weighted by Crippen LogP contribution is 2.41. The van der Waals surface area contributed by atoms with Crippen LogP contribution in [-0.4, -0.2) is 89.3 Å². The van der Waals surface area contributed by atoms with Crippen molar-refractivity contribution in [1.82, 2.24) is 41.1 Å². The van der Waals surface area contributed by atoms with Crippen LogP contribution in [0.1, 0.15) is 21.3 Å². The highest BCUT2D eigenvalue weighted by atomic mass is 32.2. The number of furan rings is 1. The zero-order chi connectivity index (χ0) is 29.1. The minimum Gasteiger partial charge on any atom is -0.477 e. The minimum absolute atomic E-state index is 0.124. The summed E-state index contributed by atoms with van der Waals surface area (Å²) in [5, 5.41) is 30.3. The molecular formula is C23H22N8O7S3. The lowest BCUT2D eigenvalue weighted by Gasteiger charge is -2.49. The number of amides is 4. The SMILES string of the molecule is Cn1nnnc1SCC1=C(C(=O)O)N2C(=O)C(NC(=O)C(NC(=O)NCC(=O)c3ccoc3)c3cccs3)[C@@H]2SC1. The molecule has 0 saturated carbocycles. The van der Waals surface area contributed by atoms with E-state index in [1.54, 1.807) is 24.6 Å². The summed E-state index contributed by atoms with van der Waals surface area (Å²) in [4.78, 5) is 65.0. The summed E-state index contributed by atoms with van der Waals surface area (Å²) in [7, 11) is 1.66. The fraction of sp³-hybridized carbons (Fsp3) is 0.304. The number of carbonyl (C=O) groups is 5. The number of hydrogen-bond acceptors (Lipinski definition) is 12. The molecule has 5 rings (SSSR count). The van der Waals surface area contributed by atoms with Crippen molar-refractivity contribution in [3.63, 3.8) is 0 Å². The number of hydrogen-bond donors (Lipinski definition) is 4. The first-order valence-corrected chi connectivity index (χ1v) is 14.8. The van der Waals surface area contributed by atoms with E-state index in [1.807, 2.05) is 0 Å². The summed E-state index contributed by atoms with van der Waals surface area (Å²) in [6.45, 7) is -0.322. The Hall–Kier alpha value is -4.16. The number of nitrogens with zero attached hydrogens (tertiary/aromatic N) is 5. The number of urea groups is 1. The maximum absolute atomic E-state index is 13.3. The van der Waals surface area contributed by atoms with Crippen LogP contribution in [0.5, 0.6) is 0 Å². The monoisotopic (exact) mass is 618 g/mol. The number of Topliss-reactive ketones (excluding diaryl/α,β-unsaturated/α-hetero) is 1. The summed E-state index contributed by atoms with van der Waals surface area (Å²) < 4.78 is 6.33. The van der Waals surface area contributed by atoms with Crippen LogP contribution in [0, 0.1) is 0 Å². The lowest BCUT2D eigenvalue weighted by molar-refractivity contribution is -0.150. The van der Waals surface area contributed by atoms with Crippen LogP contribution in [0.15, 0.2) is 56.9 Å². The largest absolute Gasteiger partial charge is 0.477 e. The Morgan fingerprint density at radius 2 is 2.12 bits per heavy atom. The number of aromatic nitrogens is 4. The summed E-state index contributed by atoms with van der Waals surface area (Å²) in [5.74, 6) is -2.27. The number of carboxylic acids is 1. The second kappa shape index (κ2) is 12.1. The first kappa shape index (κ1) is 28.4. The Bertz CT molecular complexity index is 1500. The molecule has 214 valence electrons. The molecule has 2 unspecified atom stereocenters. The minimum atomic E-state index is -1.25. The molecule has 18 heteroatoms. The van der Waals surface area contributed by atoms with Gasteiger partial charge in [-0.15, -0.1) is 28.2 Å². The van der Waals surface area contributed by atoms with E-state index in [2.05, 4.69) is 31.5 Å². The molecule has 15 nitrogen and oxygen atoms in total. The van der Waals surface area contributed by atoms with Gasteiger partial charge in [0.05, 0.1) is 18.4 Å². The molecule has 3 atom stereocenters. The van der Waals surface area contributed by atoms with Crippen LogP contribution in [-0.2, 0) is 21.4 Å². The standard InChI is InChI=1S/C23H22N8O7S3/c1-30-23(27-28-29-30)41-10-12-9-40-20-16(19(34)31(20)17(12)21(35)36)25-18(33)15(14-3-2-6-39-14)26-22(37)24-7-13(32)11-4-5-38-8-11/h2-6,8,15-16,20H,7,9-10H2,1H3,(H,25,33)(H,35,36)(H2,24,26,37)/t15?,16?,20-/m0/s1. The highest BCUT2D eigenvalue weighted by molar-refractivity contribution is 8.01. The normalized spacial score (nSPS) is 18.8. The Balaban J connectivity index is 1.24. The second-order valence-electron chi connectivity index (χ2n) is 8.74. The number of ketones is 1. The molecule has 0 aromatic carbocycles. The Labute approximate surface area is 244 Å². The molecule has 3 aromatic heterocycles. The number of nitrogens with one attached hydrogen (secondary N) is 3. The second-order valence-corrected chi connectivity index (χ2v) is 11.8. The Kier molecular flexibility index (Phi) is 8.41. The van der Waals surface area contributed by atoms with Gasteiger partial charge in [0.15, 0.2) is 5.78 Å². The van der Waals surface area contributed by atoms with Gasteiger partial charge in [0, 0.05) is 23.4 Å². The molecule has 5 heterocycles. The summed E-state index contributed by atoms with van der Waals surface area (Å²) in [5.41, 5.74) is 0.698. The zero-order valence-corrected chi connectivity index (χ0v) is 23.6. The van der Waals surface area contributed by atoms with Gasteiger partial charge in [-0.2, -0.15) is 0 Å². The quantitative estimate of drug-likeness (QED) is 0.133. The molecule has 4 amide bonds. The number of carbonyl (C=O) groups excluding carboxylic acids is 4. The van der Waals surface area contributed by atoms with Gasteiger partial charge in [-0.25, -0.2) is 14.3 Å². The van der Waals surface area contributed by atoms with Crippen molar-refractivity contribution < 1.29 is 33.5 Å². The van der Waals surface area contributed by atoms with Gasteiger partial charge in [0.2, 0.25) is 11.1 Å². The molecule has 0 radical (unpaired) electrons. The summed E-state index contributed by atoms with van der Waals surface area (Å²) in [6.07, 6.45) is 2.60. The number of tetrazole rings is 1. The van der Waals surface area contributed by atoms with Crippen molar-refractivity contribution in [2.45, 2.75) is 22.6 Å². The fourth-order valence-electron chi connectivity index (χ4n) is 4.12. The van der Waals surface area contributed by atoms with Gasteiger partial charge in [-0.3, -0.25) is 19.3 Å². The van der Waals surface area contributed by atoms with E-state index in [0.717, 1.165) is 0 Å². The van der Waals surface area contributed by atoms with E-state index < -0.39 is 41.3 Å². The number of rotatable bonds is 11. The van der Waals surface area contributed by atoms with Gasteiger partial charge in [0.1, 0.15) is 29.4 Å². The predicted octanol–water partition coefficient (Wildman–Crippen LogP) is 0.619. The van der Waals surface area contributed by atoms with Crippen LogP contribution in [0.3, 0.4) is 0 Å². The van der Waals surface area contributed by atoms with Crippen molar-refractivity contribution in [3.05, 3.63) is 57.8 Å². The third kappa shape index (κ3) is 5.98. The van der Waals surface area contributed by atoms with Crippen LogP contribution >= 0.6 is 34.9 Å². The molecule has 3 aromatic rings. The molecule has 0 aliphatic carbocycles. The number of fused-ring (bicyclic) bond motifs is 1. The smallest absolute Gasteiger partial charge is 0.352 e. The molecule has 0 spiro atoms. The molecule has 41 heavy (non-hydrogen) atoms. The van der Waals surface area contributed by atoms with E-state index in [1.165, 1.54) is 63.0 Å². The third-order valence-electron chi connectivity index (χ3n) is 6.12. The van der Waals surface area contributed by atoms with Crippen molar-refractivity contribution >= 4 is 64.5 Å². The average Bonchev–Trinajstić information content (AvgIpc) is 3.75. The number of thiophene rings is 1. The zero-order valence-electron chi connectivity index (χ0n) is 21.2. The molecule has 0 bridgehead atoms. The van der Waals surface area contributed by atoms with Gasteiger partial charge in [0.25, 0.3) is 5.91 Å². The number of β-lactam (4-membered cyclic amide) rings is 1. The first-order chi connectivity index (χ1) is 19.7. The molecular weight excluding hydrogens is 597 g/mol. The van der Waals surface area contributed by atoms with E-state index in [4.69, 9.17) is 4.42 Å². The number of carboxylic acid groups (broad SMARTS) is 1. The Morgan fingerprint density at radius 3 is 2.78 bits per heavy atom. The molecule has 1 saturated heterocycles.